The van der Waals surface area contributed by atoms with E-state index in [1.807, 2.05) is 18.7 Å². The van der Waals surface area contributed by atoms with Crippen LogP contribution >= 0.6 is 0 Å². The molecule has 4 heteroatoms. The number of nitrogens with zero attached hydrogens (tertiary/aromatic N) is 1. The van der Waals surface area contributed by atoms with Crippen LogP contribution in [0, 0.1) is 5.92 Å². The van der Waals surface area contributed by atoms with Crippen molar-refractivity contribution in [2.75, 3.05) is 0 Å². The van der Waals surface area contributed by atoms with Crippen molar-refractivity contribution in [3.63, 3.8) is 0 Å². The first-order valence-corrected chi connectivity index (χ1v) is 8.16. The molecule has 112 valence electrons. The fraction of sp³-hybridized carbons (Fsp3) is 0.875. The highest BCUT2D eigenvalue weighted by atomic mass is 16.2. The standard InChI is InChI=1S/C16H26N2O2/c1-16(2)15(20)17-13(11-9-10-11)14(19)18(16)12-7-5-3-4-6-8-12/h11-13H,3-10H2,1-2H3,(H,17,20). The van der Waals surface area contributed by atoms with Crippen LogP contribution in [0.25, 0.3) is 0 Å². The quantitative estimate of drug-likeness (QED) is 0.787. The van der Waals surface area contributed by atoms with Gasteiger partial charge in [0.25, 0.3) is 0 Å². The Morgan fingerprint density at radius 1 is 1.00 bits per heavy atom. The van der Waals surface area contributed by atoms with E-state index < -0.39 is 5.54 Å². The first-order chi connectivity index (χ1) is 9.51. The van der Waals surface area contributed by atoms with Gasteiger partial charge < -0.3 is 10.2 Å². The zero-order valence-corrected chi connectivity index (χ0v) is 12.7. The maximum atomic E-state index is 12.9. The van der Waals surface area contributed by atoms with Crippen LogP contribution in [0.1, 0.15) is 65.2 Å². The summed E-state index contributed by atoms with van der Waals surface area (Å²) in [7, 11) is 0. The summed E-state index contributed by atoms with van der Waals surface area (Å²) in [6, 6.07) is 0.00563. The van der Waals surface area contributed by atoms with Gasteiger partial charge >= 0.3 is 0 Å². The topological polar surface area (TPSA) is 49.4 Å². The highest BCUT2D eigenvalue weighted by Gasteiger charge is 2.52. The summed E-state index contributed by atoms with van der Waals surface area (Å²) < 4.78 is 0. The summed E-state index contributed by atoms with van der Waals surface area (Å²) >= 11 is 0. The monoisotopic (exact) mass is 278 g/mol. The van der Waals surface area contributed by atoms with Gasteiger partial charge in [-0.3, -0.25) is 9.59 Å². The second-order valence-corrected chi connectivity index (χ2v) is 7.20. The molecule has 3 rings (SSSR count). The van der Waals surface area contributed by atoms with E-state index in [0.717, 1.165) is 25.7 Å². The van der Waals surface area contributed by atoms with Crippen molar-refractivity contribution in [3.8, 4) is 0 Å². The van der Waals surface area contributed by atoms with Gasteiger partial charge in [-0.25, -0.2) is 0 Å². The Morgan fingerprint density at radius 3 is 2.15 bits per heavy atom. The van der Waals surface area contributed by atoms with Gasteiger partial charge in [0.05, 0.1) is 0 Å². The van der Waals surface area contributed by atoms with Crippen molar-refractivity contribution in [2.45, 2.75) is 82.8 Å². The van der Waals surface area contributed by atoms with Gasteiger partial charge in [-0.15, -0.1) is 0 Å². The van der Waals surface area contributed by atoms with Crippen molar-refractivity contribution in [1.82, 2.24) is 10.2 Å². The van der Waals surface area contributed by atoms with Crippen molar-refractivity contribution in [3.05, 3.63) is 0 Å². The van der Waals surface area contributed by atoms with Gasteiger partial charge in [-0.05, 0) is 45.4 Å². The molecule has 4 nitrogen and oxygen atoms in total. The van der Waals surface area contributed by atoms with Crippen LogP contribution in [0.5, 0.6) is 0 Å². The Bertz CT molecular complexity index is 407. The van der Waals surface area contributed by atoms with Crippen LogP contribution in [0.3, 0.4) is 0 Å². The Kier molecular flexibility index (Phi) is 3.51. The van der Waals surface area contributed by atoms with E-state index in [0.29, 0.717) is 5.92 Å². The molecule has 2 aliphatic carbocycles. The first-order valence-electron chi connectivity index (χ1n) is 8.16. The maximum absolute atomic E-state index is 12.9. The molecule has 3 fully saturated rings. The highest BCUT2D eigenvalue weighted by molar-refractivity contribution is 5.99. The van der Waals surface area contributed by atoms with Gasteiger partial charge in [-0.1, -0.05) is 25.7 Å². The van der Waals surface area contributed by atoms with Crippen molar-refractivity contribution in [2.24, 2.45) is 5.92 Å². The fourth-order valence-electron chi connectivity index (χ4n) is 3.82. The lowest BCUT2D eigenvalue weighted by molar-refractivity contribution is -0.159. The number of nitrogens with one attached hydrogen (secondary N) is 1. The molecule has 1 atom stereocenters. The summed E-state index contributed by atoms with van der Waals surface area (Å²) in [6.45, 7) is 3.79. The summed E-state index contributed by atoms with van der Waals surface area (Å²) in [4.78, 5) is 27.3. The van der Waals surface area contributed by atoms with Crippen LogP contribution in [0.15, 0.2) is 0 Å². The second-order valence-electron chi connectivity index (χ2n) is 7.20. The molecular formula is C16H26N2O2. The molecule has 20 heavy (non-hydrogen) atoms. The number of carbonyl (C=O) groups is 2. The number of rotatable bonds is 2. The number of carbonyl (C=O) groups excluding carboxylic acids is 2. The average Bonchev–Trinajstić information content (AvgIpc) is 3.21. The van der Waals surface area contributed by atoms with E-state index in [1.165, 1.54) is 25.7 Å². The van der Waals surface area contributed by atoms with Crippen molar-refractivity contribution < 1.29 is 9.59 Å². The Labute approximate surface area is 121 Å². The van der Waals surface area contributed by atoms with E-state index in [-0.39, 0.29) is 23.9 Å². The molecule has 0 radical (unpaired) electrons. The summed E-state index contributed by atoms with van der Waals surface area (Å²) in [6.07, 6.45) is 9.15. The minimum Gasteiger partial charge on any atom is -0.342 e. The molecule has 0 aromatic heterocycles. The van der Waals surface area contributed by atoms with Crippen LogP contribution in [0.2, 0.25) is 0 Å². The molecule has 2 amide bonds. The van der Waals surface area contributed by atoms with Crippen molar-refractivity contribution >= 4 is 11.8 Å². The van der Waals surface area contributed by atoms with Gasteiger partial charge in [0.15, 0.2) is 0 Å². The normalized spacial score (nSPS) is 31.9. The average molecular weight is 278 g/mol. The predicted octanol–water partition coefficient (Wildman–Crippen LogP) is 2.22. The molecule has 1 aliphatic heterocycles. The minimum atomic E-state index is -0.697. The van der Waals surface area contributed by atoms with E-state index in [2.05, 4.69) is 5.32 Å². The largest absolute Gasteiger partial charge is 0.342 e. The van der Waals surface area contributed by atoms with E-state index in [9.17, 15) is 9.59 Å². The molecule has 2 saturated carbocycles. The van der Waals surface area contributed by atoms with Crippen LogP contribution in [0.4, 0.5) is 0 Å². The third-order valence-corrected chi connectivity index (χ3v) is 5.23. The number of hydrogen-bond acceptors (Lipinski definition) is 2. The Hall–Kier alpha value is -1.06. The lowest BCUT2D eigenvalue weighted by Crippen LogP contribution is -2.71. The number of piperazine rings is 1. The predicted molar refractivity (Wildman–Crippen MR) is 77.1 cm³/mol. The molecule has 1 heterocycles. The fourth-order valence-corrected chi connectivity index (χ4v) is 3.82. The van der Waals surface area contributed by atoms with E-state index >= 15 is 0 Å². The lowest BCUT2D eigenvalue weighted by Gasteiger charge is -2.48. The van der Waals surface area contributed by atoms with E-state index in [1.54, 1.807) is 0 Å². The Morgan fingerprint density at radius 2 is 1.60 bits per heavy atom. The van der Waals surface area contributed by atoms with Crippen LogP contribution in [-0.2, 0) is 9.59 Å². The van der Waals surface area contributed by atoms with Crippen LogP contribution in [-0.4, -0.2) is 34.3 Å². The third kappa shape index (κ3) is 2.33. The number of hydrogen-bond donors (Lipinski definition) is 1. The molecule has 0 spiro atoms. The summed E-state index contributed by atoms with van der Waals surface area (Å²) in [5.74, 6) is 0.582. The van der Waals surface area contributed by atoms with Crippen LogP contribution < -0.4 is 5.32 Å². The minimum absolute atomic E-state index is 0.0262. The smallest absolute Gasteiger partial charge is 0.246 e. The van der Waals surface area contributed by atoms with Crippen molar-refractivity contribution in [1.29, 1.82) is 0 Å². The molecule has 0 aromatic carbocycles. The molecule has 1 N–H and O–H groups in total. The molecule has 3 aliphatic rings. The Balaban J connectivity index is 1.86. The maximum Gasteiger partial charge on any atom is 0.246 e. The summed E-state index contributed by atoms with van der Waals surface area (Å²) in [5, 5.41) is 2.97. The molecule has 0 bridgehead atoms. The van der Waals surface area contributed by atoms with Gasteiger partial charge in [-0.2, -0.15) is 0 Å². The lowest BCUT2D eigenvalue weighted by atomic mass is 9.90. The molecular weight excluding hydrogens is 252 g/mol. The zero-order valence-electron chi connectivity index (χ0n) is 12.7. The zero-order chi connectivity index (χ0) is 14.3. The first kappa shape index (κ1) is 13.9. The van der Waals surface area contributed by atoms with Gasteiger partial charge in [0.1, 0.15) is 11.6 Å². The third-order valence-electron chi connectivity index (χ3n) is 5.23. The van der Waals surface area contributed by atoms with Gasteiger partial charge in [0, 0.05) is 6.04 Å². The van der Waals surface area contributed by atoms with Gasteiger partial charge in [0.2, 0.25) is 11.8 Å². The second kappa shape index (κ2) is 5.05. The molecule has 1 unspecified atom stereocenters. The summed E-state index contributed by atoms with van der Waals surface area (Å²) in [5.41, 5.74) is -0.697. The number of amides is 2. The van der Waals surface area contributed by atoms with E-state index in [4.69, 9.17) is 0 Å². The SMILES string of the molecule is CC1(C)C(=O)NC(C2CC2)C(=O)N1C1CCCCCC1. The molecule has 0 aromatic rings. The molecule has 1 saturated heterocycles. The highest BCUT2D eigenvalue weighted by Crippen LogP contribution is 2.38.